The van der Waals surface area contributed by atoms with Crippen molar-refractivity contribution >= 4 is 0 Å². The van der Waals surface area contributed by atoms with E-state index in [2.05, 4.69) is 24.1 Å². The van der Waals surface area contributed by atoms with Crippen LogP contribution in [0.15, 0.2) is 0 Å². The lowest BCUT2D eigenvalue weighted by molar-refractivity contribution is 0.137. The lowest BCUT2D eigenvalue weighted by Crippen LogP contribution is -2.60. The van der Waals surface area contributed by atoms with E-state index >= 15 is 0 Å². The van der Waals surface area contributed by atoms with Gasteiger partial charge in [-0.2, -0.15) is 0 Å². The number of nitrogens with two attached hydrogens (primary N) is 1. The summed E-state index contributed by atoms with van der Waals surface area (Å²) in [4.78, 5) is 2.29. The van der Waals surface area contributed by atoms with Crippen molar-refractivity contribution in [3.05, 3.63) is 0 Å². The van der Waals surface area contributed by atoms with Gasteiger partial charge in [0.2, 0.25) is 0 Å². The van der Waals surface area contributed by atoms with Gasteiger partial charge in [-0.15, -0.1) is 0 Å². The van der Waals surface area contributed by atoms with E-state index < -0.39 is 0 Å². The molecule has 3 nitrogen and oxygen atoms in total. The fourth-order valence-corrected chi connectivity index (χ4v) is 1.39. The van der Waals surface area contributed by atoms with Crippen LogP contribution in [0.25, 0.3) is 0 Å². The number of hydrogen-bond donors (Lipinski definition) is 2. The Kier molecular flexibility index (Phi) is 2.65. The lowest BCUT2D eigenvalue weighted by Gasteiger charge is -2.37. The first-order valence-corrected chi connectivity index (χ1v) is 3.98. The summed E-state index contributed by atoms with van der Waals surface area (Å²) in [5, 5.41) is 3.33. The number of hydrogen-bond acceptors (Lipinski definition) is 3. The van der Waals surface area contributed by atoms with E-state index in [0.717, 1.165) is 19.6 Å². The lowest BCUT2D eigenvalue weighted by atomic mass is 10.2. The van der Waals surface area contributed by atoms with Gasteiger partial charge < -0.3 is 11.1 Å². The van der Waals surface area contributed by atoms with Gasteiger partial charge >= 0.3 is 0 Å². The molecule has 1 rings (SSSR count). The molecule has 1 saturated heterocycles. The molecule has 10 heavy (non-hydrogen) atoms. The van der Waals surface area contributed by atoms with Gasteiger partial charge in [0.05, 0.1) is 6.17 Å². The number of nitrogens with one attached hydrogen (secondary N) is 1. The van der Waals surface area contributed by atoms with Gasteiger partial charge in [0.1, 0.15) is 0 Å². The molecule has 0 aromatic heterocycles. The van der Waals surface area contributed by atoms with Crippen molar-refractivity contribution in [3.63, 3.8) is 0 Å². The summed E-state index contributed by atoms with van der Waals surface area (Å²) < 4.78 is 0. The molecule has 1 heterocycles. The van der Waals surface area contributed by atoms with Crippen LogP contribution in [-0.4, -0.2) is 36.7 Å². The molecule has 1 aliphatic rings. The highest BCUT2D eigenvalue weighted by Crippen LogP contribution is 2.02. The van der Waals surface area contributed by atoms with Crippen LogP contribution in [0, 0.1) is 0 Å². The van der Waals surface area contributed by atoms with Gasteiger partial charge in [0, 0.05) is 19.1 Å². The van der Waals surface area contributed by atoms with Crippen LogP contribution in [0.1, 0.15) is 13.8 Å². The van der Waals surface area contributed by atoms with E-state index in [1.807, 2.05) is 0 Å². The normalized spacial score (nSPS) is 36.3. The van der Waals surface area contributed by atoms with E-state index in [4.69, 9.17) is 5.73 Å². The van der Waals surface area contributed by atoms with E-state index in [1.54, 1.807) is 0 Å². The number of likely N-dealkylation sites (N-methyl/N-ethyl adjacent to an activating group) is 1. The van der Waals surface area contributed by atoms with Crippen molar-refractivity contribution in [2.24, 2.45) is 5.73 Å². The van der Waals surface area contributed by atoms with Crippen LogP contribution in [0.5, 0.6) is 0 Å². The largest absolute Gasteiger partial charge is 0.314 e. The maximum absolute atomic E-state index is 5.90. The predicted molar refractivity (Wildman–Crippen MR) is 42.7 cm³/mol. The van der Waals surface area contributed by atoms with Crippen molar-refractivity contribution in [1.82, 2.24) is 10.2 Å². The van der Waals surface area contributed by atoms with Crippen LogP contribution in [0.4, 0.5) is 0 Å². The second kappa shape index (κ2) is 3.32. The molecular formula is C7H17N3. The minimum atomic E-state index is 0.207. The predicted octanol–water partition coefficient (Wildman–Crippen LogP) is -0.415. The molecule has 1 fully saturated rings. The number of rotatable bonds is 1. The highest BCUT2D eigenvalue weighted by molar-refractivity contribution is 4.81. The first-order valence-electron chi connectivity index (χ1n) is 3.98. The van der Waals surface area contributed by atoms with Gasteiger partial charge in [-0.3, -0.25) is 4.90 Å². The molecule has 0 bridgehead atoms. The Morgan fingerprint density at radius 3 is 2.90 bits per heavy atom. The molecule has 60 valence electrons. The van der Waals surface area contributed by atoms with E-state index in [9.17, 15) is 0 Å². The van der Waals surface area contributed by atoms with Gasteiger partial charge in [-0.25, -0.2) is 0 Å². The van der Waals surface area contributed by atoms with Crippen molar-refractivity contribution in [1.29, 1.82) is 0 Å². The molecule has 2 atom stereocenters. The second-order valence-electron chi connectivity index (χ2n) is 2.86. The highest BCUT2D eigenvalue weighted by atomic mass is 15.3. The molecule has 0 aromatic rings. The molecule has 0 saturated carbocycles. The van der Waals surface area contributed by atoms with Crippen LogP contribution < -0.4 is 11.1 Å². The smallest absolute Gasteiger partial charge is 0.0727 e. The first-order chi connectivity index (χ1) is 4.75. The van der Waals surface area contributed by atoms with E-state index in [1.165, 1.54) is 0 Å². The van der Waals surface area contributed by atoms with Crippen LogP contribution in [0.2, 0.25) is 0 Å². The van der Waals surface area contributed by atoms with Gasteiger partial charge in [0.25, 0.3) is 0 Å². The number of piperazine rings is 1. The van der Waals surface area contributed by atoms with Gasteiger partial charge in [-0.05, 0) is 13.5 Å². The Bertz CT molecular complexity index is 105. The Morgan fingerprint density at radius 2 is 2.40 bits per heavy atom. The van der Waals surface area contributed by atoms with Gasteiger partial charge in [-0.1, -0.05) is 6.92 Å². The third kappa shape index (κ3) is 1.48. The second-order valence-corrected chi connectivity index (χ2v) is 2.86. The van der Waals surface area contributed by atoms with Crippen molar-refractivity contribution in [2.75, 3.05) is 19.6 Å². The summed E-state index contributed by atoms with van der Waals surface area (Å²) in [5.41, 5.74) is 5.90. The molecule has 0 aliphatic carbocycles. The minimum Gasteiger partial charge on any atom is -0.314 e. The fraction of sp³-hybridized carbons (Fsp3) is 1.00. The zero-order valence-corrected chi connectivity index (χ0v) is 6.80. The van der Waals surface area contributed by atoms with E-state index in [0.29, 0.717) is 6.04 Å². The fourth-order valence-electron chi connectivity index (χ4n) is 1.39. The zero-order valence-electron chi connectivity index (χ0n) is 6.80. The average molecular weight is 143 g/mol. The maximum Gasteiger partial charge on any atom is 0.0727 e. The van der Waals surface area contributed by atoms with Crippen molar-refractivity contribution < 1.29 is 0 Å². The van der Waals surface area contributed by atoms with Crippen molar-refractivity contribution in [3.8, 4) is 0 Å². The maximum atomic E-state index is 5.90. The Morgan fingerprint density at radius 1 is 1.70 bits per heavy atom. The van der Waals surface area contributed by atoms with Gasteiger partial charge in [0.15, 0.2) is 0 Å². The Labute approximate surface area is 62.6 Å². The quantitative estimate of drug-likeness (QED) is 0.524. The van der Waals surface area contributed by atoms with Crippen LogP contribution >= 0.6 is 0 Å². The molecule has 0 amide bonds. The SMILES string of the molecule is CCN1CCNC(C)C1N. The summed E-state index contributed by atoms with van der Waals surface area (Å²) in [6.45, 7) is 7.50. The molecule has 0 aromatic carbocycles. The topological polar surface area (TPSA) is 41.3 Å². The molecule has 1 aliphatic heterocycles. The summed E-state index contributed by atoms with van der Waals surface area (Å²) >= 11 is 0. The third-order valence-electron chi connectivity index (χ3n) is 2.21. The molecular weight excluding hydrogens is 126 g/mol. The Hall–Kier alpha value is -0.120. The molecule has 0 spiro atoms. The standard InChI is InChI=1S/C7H17N3/c1-3-10-5-4-9-6(2)7(10)8/h6-7,9H,3-5,8H2,1-2H3. The first kappa shape index (κ1) is 7.98. The van der Waals surface area contributed by atoms with E-state index in [-0.39, 0.29) is 6.17 Å². The summed E-state index contributed by atoms with van der Waals surface area (Å²) in [5.74, 6) is 0. The molecule has 2 unspecified atom stereocenters. The highest BCUT2D eigenvalue weighted by Gasteiger charge is 2.22. The Balaban J connectivity index is 2.42. The zero-order chi connectivity index (χ0) is 7.56. The average Bonchev–Trinajstić information content (AvgIpc) is 1.95. The van der Waals surface area contributed by atoms with Crippen LogP contribution in [0.3, 0.4) is 0 Å². The third-order valence-corrected chi connectivity index (χ3v) is 2.21. The summed E-state index contributed by atoms with van der Waals surface area (Å²) in [7, 11) is 0. The van der Waals surface area contributed by atoms with Crippen LogP contribution in [-0.2, 0) is 0 Å². The molecule has 3 N–H and O–H groups in total. The van der Waals surface area contributed by atoms with Crippen molar-refractivity contribution in [2.45, 2.75) is 26.1 Å². The summed E-state index contributed by atoms with van der Waals surface area (Å²) in [6.07, 6.45) is 0.207. The molecule has 3 heteroatoms. The number of nitrogens with zero attached hydrogens (tertiary/aromatic N) is 1. The summed E-state index contributed by atoms with van der Waals surface area (Å²) in [6, 6.07) is 0.439. The monoisotopic (exact) mass is 143 g/mol. The minimum absolute atomic E-state index is 0.207. The molecule has 0 radical (unpaired) electrons.